The van der Waals surface area contributed by atoms with Crippen LogP contribution in [0.5, 0.6) is 11.5 Å². The van der Waals surface area contributed by atoms with E-state index < -0.39 is 0 Å². The summed E-state index contributed by atoms with van der Waals surface area (Å²) in [4.78, 5) is 12.8. The molecule has 130 valence electrons. The Hall–Kier alpha value is -2.58. The molecular weight excluding hydrogens is 346 g/mol. The third-order valence-electron chi connectivity index (χ3n) is 4.13. The van der Waals surface area contributed by atoms with Crippen molar-refractivity contribution in [3.8, 4) is 11.5 Å². The van der Waals surface area contributed by atoms with Gasteiger partial charge in [0.1, 0.15) is 6.23 Å². The summed E-state index contributed by atoms with van der Waals surface area (Å²) in [5.41, 5.74) is 1.34. The third-order valence-corrected chi connectivity index (χ3v) is 4.30. The Balaban J connectivity index is 1.77. The number of hydrogen-bond donors (Lipinski definition) is 3. The Labute approximate surface area is 148 Å². The van der Waals surface area contributed by atoms with Crippen LogP contribution < -0.4 is 5.32 Å². The molecule has 1 fully saturated rings. The normalized spacial score (nSPS) is 17.7. The molecule has 0 aliphatic carbocycles. The summed E-state index contributed by atoms with van der Waals surface area (Å²) in [6, 6.07) is 4.60. The molecule has 3 aromatic rings. The van der Waals surface area contributed by atoms with Crippen LogP contribution in [0.2, 0.25) is 5.28 Å². The van der Waals surface area contributed by atoms with Crippen LogP contribution in [-0.4, -0.2) is 36.3 Å². The van der Waals surface area contributed by atoms with E-state index in [1.165, 1.54) is 6.07 Å². The van der Waals surface area contributed by atoms with Gasteiger partial charge in [-0.05, 0) is 43.0 Å². The van der Waals surface area contributed by atoms with E-state index in [4.69, 9.17) is 16.3 Å². The molecule has 25 heavy (non-hydrogen) atoms. The largest absolute Gasteiger partial charge is 0.504 e. The Morgan fingerprint density at radius 2 is 2.12 bits per heavy atom. The molecule has 1 aliphatic heterocycles. The average Bonchev–Trinajstić information content (AvgIpc) is 3.03. The monoisotopic (exact) mass is 361 g/mol. The van der Waals surface area contributed by atoms with Gasteiger partial charge in [0.25, 0.3) is 0 Å². The van der Waals surface area contributed by atoms with E-state index in [1.54, 1.807) is 18.5 Å². The first-order valence-electron chi connectivity index (χ1n) is 7.93. The van der Waals surface area contributed by atoms with Crippen molar-refractivity contribution < 1.29 is 14.9 Å². The molecular formula is C16H16ClN5O3. The summed E-state index contributed by atoms with van der Waals surface area (Å²) in [6.07, 6.45) is 4.52. The van der Waals surface area contributed by atoms with Crippen LogP contribution in [0.1, 0.15) is 25.5 Å². The number of para-hydroxylation sites is 1. The van der Waals surface area contributed by atoms with E-state index in [2.05, 4.69) is 20.3 Å². The van der Waals surface area contributed by atoms with Crippen LogP contribution in [0.25, 0.3) is 11.2 Å². The average molecular weight is 362 g/mol. The molecule has 0 saturated carbocycles. The van der Waals surface area contributed by atoms with Gasteiger partial charge < -0.3 is 20.3 Å². The number of aromatic hydroxyl groups is 2. The molecule has 1 atom stereocenters. The first-order valence-corrected chi connectivity index (χ1v) is 8.31. The highest BCUT2D eigenvalue weighted by atomic mass is 35.5. The number of imidazole rings is 1. The summed E-state index contributed by atoms with van der Waals surface area (Å²) in [6.45, 7) is 0.700. The lowest BCUT2D eigenvalue weighted by atomic mass is 10.2. The van der Waals surface area contributed by atoms with Crippen LogP contribution >= 0.6 is 11.6 Å². The van der Waals surface area contributed by atoms with Gasteiger partial charge >= 0.3 is 0 Å². The zero-order valence-electron chi connectivity index (χ0n) is 13.2. The fourth-order valence-electron chi connectivity index (χ4n) is 2.89. The van der Waals surface area contributed by atoms with E-state index >= 15 is 0 Å². The summed E-state index contributed by atoms with van der Waals surface area (Å²) >= 11 is 6.07. The molecule has 1 aliphatic rings. The summed E-state index contributed by atoms with van der Waals surface area (Å²) in [5, 5.41) is 22.6. The zero-order valence-corrected chi connectivity index (χ0v) is 13.9. The maximum Gasteiger partial charge on any atom is 0.226 e. The number of rotatable bonds is 3. The van der Waals surface area contributed by atoms with Gasteiger partial charge in [0.2, 0.25) is 5.28 Å². The predicted octanol–water partition coefficient (Wildman–Crippen LogP) is 3.33. The van der Waals surface area contributed by atoms with Gasteiger partial charge in [0.15, 0.2) is 28.5 Å². The van der Waals surface area contributed by atoms with Crippen molar-refractivity contribution in [1.29, 1.82) is 0 Å². The molecule has 0 radical (unpaired) electrons. The second-order valence-corrected chi connectivity index (χ2v) is 6.12. The van der Waals surface area contributed by atoms with Gasteiger partial charge in [-0.3, -0.25) is 4.57 Å². The molecule has 3 N–H and O–H groups in total. The van der Waals surface area contributed by atoms with Crippen molar-refractivity contribution >= 4 is 34.3 Å². The number of fused-ring (bicyclic) bond motifs is 1. The van der Waals surface area contributed by atoms with Gasteiger partial charge in [0.05, 0.1) is 12.0 Å². The third kappa shape index (κ3) is 2.94. The second-order valence-electron chi connectivity index (χ2n) is 5.78. The number of anilines is 2. The van der Waals surface area contributed by atoms with E-state index in [0.29, 0.717) is 29.3 Å². The number of ether oxygens (including phenoxy) is 1. The minimum absolute atomic E-state index is 0.0483. The molecule has 0 bridgehead atoms. The van der Waals surface area contributed by atoms with E-state index in [1.807, 2.05) is 4.57 Å². The molecule has 8 nitrogen and oxygen atoms in total. The number of phenolic OH excluding ortho intramolecular Hbond substituents is 2. The minimum Gasteiger partial charge on any atom is -0.504 e. The molecule has 9 heteroatoms. The van der Waals surface area contributed by atoms with Crippen molar-refractivity contribution in [2.24, 2.45) is 0 Å². The van der Waals surface area contributed by atoms with E-state index in [9.17, 15) is 10.2 Å². The van der Waals surface area contributed by atoms with Crippen molar-refractivity contribution in [2.45, 2.75) is 25.5 Å². The second kappa shape index (κ2) is 6.38. The van der Waals surface area contributed by atoms with Crippen LogP contribution in [-0.2, 0) is 4.74 Å². The van der Waals surface area contributed by atoms with Gasteiger partial charge in [-0.25, -0.2) is 4.98 Å². The van der Waals surface area contributed by atoms with Crippen molar-refractivity contribution in [2.75, 3.05) is 11.9 Å². The summed E-state index contributed by atoms with van der Waals surface area (Å²) in [5.74, 6) is -0.173. The van der Waals surface area contributed by atoms with Crippen LogP contribution in [0.4, 0.5) is 11.5 Å². The van der Waals surface area contributed by atoms with Gasteiger partial charge in [-0.15, -0.1) is 0 Å². The Kier molecular flexibility index (Phi) is 4.06. The number of nitrogens with one attached hydrogen (secondary N) is 1. The smallest absolute Gasteiger partial charge is 0.226 e. The quantitative estimate of drug-likeness (QED) is 0.485. The minimum atomic E-state index is -0.277. The topological polar surface area (TPSA) is 105 Å². The SMILES string of the molecule is Oc1cccc(Nc2nc(Cl)nc3c2ncn3C2CCCCO2)c1O. The summed E-state index contributed by atoms with van der Waals surface area (Å²) in [7, 11) is 0. The van der Waals surface area contributed by atoms with Crippen molar-refractivity contribution in [1.82, 2.24) is 19.5 Å². The number of phenols is 2. The lowest BCUT2D eigenvalue weighted by molar-refractivity contribution is -0.0298. The van der Waals surface area contributed by atoms with Gasteiger partial charge in [-0.2, -0.15) is 9.97 Å². The predicted molar refractivity (Wildman–Crippen MR) is 92.2 cm³/mol. The molecule has 3 heterocycles. The van der Waals surface area contributed by atoms with Crippen LogP contribution in [0.3, 0.4) is 0 Å². The molecule has 1 unspecified atom stereocenters. The molecule has 2 aromatic heterocycles. The number of halogens is 1. The Morgan fingerprint density at radius 1 is 1.24 bits per heavy atom. The number of aromatic nitrogens is 4. The highest BCUT2D eigenvalue weighted by Crippen LogP contribution is 2.36. The standard InChI is InChI=1S/C16H16ClN5O3/c17-16-20-14(19-9-4-3-5-10(23)13(9)24)12-15(21-16)22(8-18-12)11-6-1-2-7-25-11/h3-5,8,11,23-24H,1-2,6-7H2,(H,19,20,21). The van der Waals surface area contributed by atoms with Crippen LogP contribution in [0.15, 0.2) is 24.5 Å². The first kappa shape index (κ1) is 15.9. The fraction of sp³-hybridized carbons (Fsp3) is 0.312. The summed E-state index contributed by atoms with van der Waals surface area (Å²) < 4.78 is 7.63. The molecule has 0 amide bonds. The van der Waals surface area contributed by atoms with Crippen LogP contribution in [0, 0.1) is 0 Å². The molecule has 1 saturated heterocycles. The highest BCUT2D eigenvalue weighted by Gasteiger charge is 2.21. The fourth-order valence-corrected chi connectivity index (χ4v) is 3.06. The Bertz CT molecular complexity index is 924. The number of benzene rings is 1. The lowest BCUT2D eigenvalue weighted by Crippen LogP contribution is -2.17. The number of hydrogen-bond acceptors (Lipinski definition) is 7. The lowest BCUT2D eigenvalue weighted by Gasteiger charge is -2.23. The van der Waals surface area contributed by atoms with Crippen molar-refractivity contribution in [3.63, 3.8) is 0 Å². The Morgan fingerprint density at radius 3 is 2.92 bits per heavy atom. The van der Waals surface area contributed by atoms with Gasteiger partial charge in [-0.1, -0.05) is 6.07 Å². The molecule has 4 rings (SSSR count). The van der Waals surface area contributed by atoms with Gasteiger partial charge in [0, 0.05) is 6.61 Å². The maximum atomic E-state index is 9.97. The molecule has 0 spiro atoms. The van der Waals surface area contributed by atoms with E-state index in [-0.39, 0.29) is 23.0 Å². The number of nitrogens with zero attached hydrogens (tertiary/aromatic N) is 4. The van der Waals surface area contributed by atoms with E-state index in [0.717, 1.165) is 19.3 Å². The highest BCUT2D eigenvalue weighted by molar-refractivity contribution is 6.28. The maximum absolute atomic E-state index is 9.97. The van der Waals surface area contributed by atoms with Crippen molar-refractivity contribution in [3.05, 3.63) is 29.8 Å². The zero-order chi connectivity index (χ0) is 17.4. The first-order chi connectivity index (χ1) is 12.1. The molecule has 1 aromatic carbocycles.